The summed E-state index contributed by atoms with van der Waals surface area (Å²) in [4.78, 5) is 4.44. The minimum atomic E-state index is 0. The van der Waals surface area contributed by atoms with Crippen molar-refractivity contribution in [3.63, 3.8) is 0 Å². The van der Waals surface area contributed by atoms with Gasteiger partial charge in [-0.15, -0.1) is 24.0 Å². The first kappa shape index (κ1) is 16.8. The van der Waals surface area contributed by atoms with Gasteiger partial charge in [0.05, 0.1) is 12.2 Å². The van der Waals surface area contributed by atoms with Crippen LogP contribution in [0.4, 0.5) is 0 Å². The molecule has 0 spiro atoms. The molecular weight excluding hydrogens is 389 g/mol. The fraction of sp³-hybridized carbons (Fsp3) is 0.375. The molecule has 1 aromatic carbocycles. The Morgan fingerprint density at radius 1 is 1.32 bits per heavy atom. The summed E-state index contributed by atoms with van der Waals surface area (Å²) in [5, 5.41) is 7.49. The average Bonchev–Trinajstić information content (AvgIpc) is 2.98. The third kappa shape index (κ3) is 4.22. The Bertz CT molecular complexity index is 605. The van der Waals surface area contributed by atoms with E-state index in [0.717, 1.165) is 23.7 Å². The standard InChI is InChI=1S/C16H21N5.HI/c17-16(18-11-13-5-3-6-13)19-12-14-7-1-2-8-15(14)21-10-4-9-20-21;/h1-2,4,7-10,13H,3,5-6,11-12H2,(H3,17,18,19);1H. The number of nitrogens with two attached hydrogens (primary N) is 1. The second kappa shape index (κ2) is 8.17. The Hall–Kier alpha value is -1.57. The number of guanidine groups is 1. The smallest absolute Gasteiger partial charge is 0.188 e. The predicted molar refractivity (Wildman–Crippen MR) is 99.6 cm³/mol. The molecule has 22 heavy (non-hydrogen) atoms. The van der Waals surface area contributed by atoms with Crippen molar-refractivity contribution in [1.82, 2.24) is 15.1 Å². The van der Waals surface area contributed by atoms with Gasteiger partial charge >= 0.3 is 0 Å². The molecule has 2 aromatic rings. The molecule has 1 fully saturated rings. The average molecular weight is 411 g/mol. The minimum absolute atomic E-state index is 0. The molecule has 6 heteroatoms. The van der Waals surface area contributed by atoms with Gasteiger partial charge < -0.3 is 11.1 Å². The zero-order valence-electron chi connectivity index (χ0n) is 12.5. The van der Waals surface area contributed by atoms with Gasteiger partial charge in [0.2, 0.25) is 0 Å². The van der Waals surface area contributed by atoms with E-state index in [2.05, 4.69) is 21.5 Å². The fourth-order valence-electron chi connectivity index (χ4n) is 2.45. The molecule has 5 nitrogen and oxygen atoms in total. The molecule has 0 saturated heterocycles. The van der Waals surface area contributed by atoms with Gasteiger partial charge in [0, 0.05) is 18.9 Å². The summed E-state index contributed by atoms with van der Waals surface area (Å²) in [6.45, 7) is 1.50. The number of aliphatic imine (C=N–C) groups is 1. The number of rotatable bonds is 5. The monoisotopic (exact) mass is 411 g/mol. The van der Waals surface area contributed by atoms with Crippen molar-refractivity contribution in [1.29, 1.82) is 0 Å². The van der Waals surface area contributed by atoms with Crippen LogP contribution in [0.15, 0.2) is 47.7 Å². The van der Waals surface area contributed by atoms with Crippen LogP contribution in [0, 0.1) is 5.92 Å². The van der Waals surface area contributed by atoms with Crippen molar-refractivity contribution in [2.75, 3.05) is 6.54 Å². The molecule has 1 aliphatic rings. The second-order valence-electron chi connectivity index (χ2n) is 5.46. The van der Waals surface area contributed by atoms with Crippen LogP contribution in [0.2, 0.25) is 0 Å². The van der Waals surface area contributed by atoms with E-state index in [-0.39, 0.29) is 24.0 Å². The van der Waals surface area contributed by atoms with Gasteiger partial charge in [-0.05, 0) is 36.5 Å². The highest BCUT2D eigenvalue weighted by atomic mass is 127. The Morgan fingerprint density at radius 3 is 2.82 bits per heavy atom. The predicted octanol–water partition coefficient (Wildman–Crippen LogP) is 2.69. The first-order chi connectivity index (χ1) is 10.3. The third-order valence-electron chi connectivity index (χ3n) is 3.96. The van der Waals surface area contributed by atoms with Crippen LogP contribution in [0.25, 0.3) is 5.69 Å². The minimum Gasteiger partial charge on any atom is -0.370 e. The number of halogens is 1. The molecule has 118 valence electrons. The van der Waals surface area contributed by atoms with Crippen LogP contribution in [0.1, 0.15) is 24.8 Å². The van der Waals surface area contributed by atoms with Gasteiger partial charge in [-0.25, -0.2) is 9.67 Å². The van der Waals surface area contributed by atoms with Crippen LogP contribution < -0.4 is 11.1 Å². The maximum absolute atomic E-state index is 5.93. The molecule has 1 aromatic heterocycles. The molecule has 1 heterocycles. The van der Waals surface area contributed by atoms with Crippen molar-refractivity contribution in [3.8, 4) is 5.69 Å². The highest BCUT2D eigenvalue weighted by Gasteiger charge is 2.16. The lowest BCUT2D eigenvalue weighted by molar-refractivity contribution is 0.315. The van der Waals surface area contributed by atoms with E-state index in [9.17, 15) is 0 Å². The SMILES string of the molecule is I.NC(=NCc1ccccc1-n1cccn1)NCC1CCC1. The highest BCUT2D eigenvalue weighted by molar-refractivity contribution is 14.0. The molecule has 0 radical (unpaired) electrons. The summed E-state index contributed by atoms with van der Waals surface area (Å²) in [6.07, 6.45) is 7.67. The summed E-state index contributed by atoms with van der Waals surface area (Å²) < 4.78 is 1.85. The quantitative estimate of drug-likeness (QED) is 0.452. The van der Waals surface area contributed by atoms with Gasteiger partial charge in [-0.2, -0.15) is 5.10 Å². The summed E-state index contributed by atoms with van der Waals surface area (Å²) in [6, 6.07) is 10.0. The normalized spacial score (nSPS) is 15.0. The zero-order chi connectivity index (χ0) is 14.5. The van der Waals surface area contributed by atoms with Crippen LogP contribution in [0.5, 0.6) is 0 Å². The zero-order valence-corrected chi connectivity index (χ0v) is 14.8. The lowest BCUT2D eigenvalue weighted by atomic mass is 9.85. The van der Waals surface area contributed by atoms with Crippen molar-refractivity contribution in [3.05, 3.63) is 48.3 Å². The molecule has 3 N–H and O–H groups in total. The molecule has 0 bridgehead atoms. The van der Waals surface area contributed by atoms with Crippen molar-refractivity contribution < 1.29 is 0 Å². The number of aromatic nitrogens is 2. The first-order valence-electron chi connectivity index (χ1n) is 7.44. The van der Waals surface area contributed by atoms with Crippen LogP contribution >= 0.6 is 24.0 Å². The maximum Gasteiger partial charge on any atom is 0.188 e. The maximum atomic E-state index is 5.93. The summed E-state index contributed by atoms with van der Waals surface area (Å²) >= 11 is 0. The van der Waals surface area contributed by atoms with Gasteiger partial charge in [-0.3, -0.25) is 0 Å². The van der Waals surface area contributed by atoms with Crippen LogP contribution in [0.3, 0.4) is 0 Å². The Morgan fingerprint density at radius 2 is 2.14 bits per heavy atom. The van der Waals surface area contributed by atoms with Crippen molar-refractivity contribution in [2.45, 2.75) is 25.8 Å². The largest absolute Gasteiger partial charge is 0.370 e. The number of nitrogens with one attached hydrogen (secondary N) is 1. The van der Waals surface area contributed by atoms with E-state index >= 15 is 0 Å². The first-order valence-corrected chi connectivity index (χ1v) is 7.44. The second-order valence-corrected chi connectivity index (χ2v) is 5.46. The summed E-state index contributed by atoms with van der Waals surface area (Å²) in [5.41, 5.74) is 8.08. The molecular formula is C16H22IN5. The molecule has 0 amide bonds. The Balaban J connectivity index is 0.00000176. The van der Waals surface area contributed by atoms with E-state index in [1.54, 1.807) is 6.20 Å². The van der Waals surface area contributed by atoms with E-state index in [4.69, 9.17) is 5.73 Å². The molecule has 0 unspecified atom stereocenters. The molecule has 1 aliphatic carbocycles. The van der Waals surface area contributed by atoms with Gasteiger partial charge in [0.25, 0.3) is 0 Å². The topological polar surface area (TPSA) is 68.2 Å². The molecule has 0 aliphatic heterocycles. The van der Waals surface area contributed by atoms with Crippen molar-refractivity contribution >= 4 is 29.9 Å². The van der Waals surface area contributed by atoms with E-state index < -0.39 is 0 Å². The lowest BCUT2D eigenvalue weighted by Gasteiger charge is -2.25. The Labute approximate surface area is 148 Å². The van der Waals surface area contributed by atoms with Gasteiger partial charge in [0.1, 0.15) is 0 Å². The molecule has 0 atom stereocenters. The number of hydrogen-bond acceptors (Lipinski definition) is 2. The number of nitrogens with zero attached hydrogens (tertiary/aromatic N) is 3. The third-order valence-corrected chi connectivity index (χ3v) is 3.96. The number of hydrogen-bond donors (Lipinski definition) is 2. The van der Waals surface area contributed by atoms with E-state index in [0.29, 0.717) is 12.5 Å². The number of para-hydroxylation sites is 1. The molecule has 3 rings (SSSR count). The fourth-order valence-corrected chi connectivity index (χ4v) is 2.45. The molecule has 1 saturated carbocycles. The van der Waals surface area contributed by atoms with Crippen LogP contribution in [-0.2, 0) is 6.54 Å². The summed E-state index contributed by atoms with van der Waals surface area (Å²) in [7, 11) is 0. The van der Waals surface area contributed by atoms with Crippen LogP contribution in [-0.4, -0.2) is 22.3 Å². The van der Waals surface area contributed by atoms with Gasteiger partial charge in [-0.1, -0.05) is 24.6 Å². The van der Waals surface area contributed by atoms with E-state index in [1.807, 2.05) is 35.1 Å². The number of benzene rings is 1. The Kier molecular flexibility index (Phi) is 6.23. The van der Waals surface area contributed by atoms with Crippen molar-refractivity contribution in [2.24, 2.45) is 16.6 Å². The summed E-state index contributed by atoms with van der Waals surface area (Å²) in [5.74, 6) is 1.30. The highest BCUT2D eigenvalue weighted by Crippen LogP contribution is 2.25. The lowest BCUT2D eigenvalue weighted by Crippen LogP contribution is -2.37. The van der Waals surface area contributed by atoms with E-state index in [1.165, 1.54) is 19.3 Å². The van der Waals surface area contributed by atoms with Gasteiger partial charge in [0.15, 0.2) is 5.96 Å².